The van der Waals surface area contributed by atoms with E-state index >= 15 is 0 Å². The summed E-state index contributed by atoms with van der Waals surface area (Å²) in [5, 5.41) is 4.11. The van der Waals surface area contributed by atoms with Crippen LogP contribution in [-0.2, 0) is 13.6 Å². The van der Waals surface area contributed by atoms with E-state index in [4.69, 9.17) is 0 Å². The molecule has 134 valence electrons. The zero-order valence-corrected chi connectivity index (χ0v) is 14.8. The molecule has 7 nitrogen and oxygen atoms in total. The number of amides is 1. The van der Waals surface area contributed by atoms with Crippen LogP contribution in [0.3, 0.4) is 0 Å². The number of imidazole rings is 1. The number of hydrogen-bond donors (Lipinski definition) is 0. The molecule has 0 aliphatic carbocycles. The van der Waals surface area contributed by atoms with Gasteiger partial charge in [-0.1, -0.05) is 0 Å². The first kappa shape index (κ1) is 16.5. The first-order valence-corrected chi connectivity index (χ1v) is 8.88. The number of piperidine rings is 1. The summed E-state index contributed by atoms with van der Waals surface area (Å²) in [6, 6.07) is 4.03. The number of aromatic nitrogens is 5. The van der Waals surface area contributed by atoms with Gasteiger partial charge in [-0.25, -0.2) is 4.98 Å². The average Bonchev–Trinajstić information content (AvgIpc) is 3.31. The molecular weight excluding hydrogens is 328 g/mol. The molecule has 3 aromatic rings. The Kier molecular flexibility index (Phi) is 4.51. The molecule has 0 bridgehead atoms. The van der Waals surface area contributed by atoms with Crippen molar-refractivity contribution in [1.82, 2.24) is 29.2 Å². The number of pyridine rings is 1. The van der Waals surface area contributed by atoms with Gasteiger partial charge >= 0.3 is 0 Å². The summed E-state index contributed by atoms with van der Waals surface area (Å²) in [6.45, 7) is 2.25. The fourth-order valence-electron chi connectivity index (χ4n) is 3.59. The maximum absolute atomic E-state index is 12.7. The van der Waals surface area contributed by atoms with Crippen LogP contribution in [0.5, 0.6) is 0 Å². The van der Waals surface area contributed by atoms with Crippen LogP contribution in [0.25, 0.3) is 0 Å². The number of carbonyl (C=O) groups excluding carboxylic acids is 1. The first-order chi connectivity index (χ1) is 12.7. The van der Waals surface area contributed by atoms with Gasteiger partial charge in [0.1, 0.15) is 5.82 Å². The van der Waals surface area contributed by atoms with Gasteiger partial charge in [0.25, 0.3) is 5.91 Å². The highest BCUT2D eigenvalue weighted by atomic mass is 16.2. The third-order valence-corrected chi connectivity index (χ3v) is 4.88. The minimum atomic E-state index is 0.0510. The van der Waals surface area contributed by atoms with Crippen LogP contribution in [-0.4, -0.2) is 48.2 Å². The van der Waals surface area contributed by atoms with Crippen molar-refractivity contribution in [2.75, 3.05) is 13.1 Å². The predicted octanol–water partition coefficient (Wildman–Crippen LogP) is 2.08. The summed E-state index contributed by atoms with van der Waals surface area (Å²) >= 11 is 0. The number of likely N-dealkylation sites (tertiary alicyclic amines) is 1. The van der Waals surface area contributed by atoms with Crippen LogP contribution in [0.15, 0.2) is 49.3 Å². The largest absolute Gasteiger partial charge is 0.338 e. The monoisotopic (exact) mass is 350 g/mol. The second kappa shape index (κ2) is 7.11. The maximum atomic E-state index is 12.7. The first-order valence-electron chi connectivity index (χ1n) is 8.88. The molecule has 0 unspecified atom stereocenters. The molecule has 1 saturated heterocycles. The maximum Gasteiger partial charge on any atom is 0.257 e. The summed E-state index contributed by atoms with van der Waals surface area (Å²) in [5.41, 5.74) is 1.84. The standard InChI is InChI=1S/C19H22N6O/c1-23-13-17(11-22-23)19(26)25-9-2-3-16(14-25)18-21-8-10-24(18)12-15-4-6-20-7-5-15/h4-8,10-11,13,16H,2-3,9,12,14H2,1H3/t16-/m0/s1. The van der Waals surface area contributed by atoms with Gasteiger partial charge in [0.05, 0.1) is 11.8 Å². The lowest BCUT2D eigenvalue weighted by Gasteiger charge is -2.32. The van der Waals surface area contributed by atoms with E-state index in [1.54, 1.807) is 29.5 Å². The lowest BCUT2D eigenvalue weighted by Crippen LogP contribution is -2.39. The topological polar surface area (TPSA) is 68.8 Å². The van der Waals surface area contributed by atoms with Crippen LogP contribution in [0.2, 0.25) is 0 Å². The van der Waals surface area contributed by atoms with Gasteiger partial charge in [-0.05, 0) is 30.5 Å². The highest BCUT2D eigenvalue weighted by molar-refractivity contribution is 5.93. The summed E-state index contributed by atoms with van der Waals surface area (Å²) < 4.78 is 3.84. The smallest absolute Gasteiger partial charge is 0.257 e. The zero-order valence-electron chi connectivity index (χ0n) is 14.8. The van der Waals surface area contributed by atoms with E-state index in [2.05, 4.69) is 19.6 Å². The summed E-state index contributed by atoms with van der Waals surface area (Å²) in [5.74, 6) is 1.35. The van der Waals surface area contributed by atoms with Crippen molar-refractivity contribution < 1.29 is 4.79 Å². The SMILES string of the molecule is Cn1cc(C(=O)N2CCC[C@H](c3nccn3Cc3ccncc3)C2)cn1. The summed E-state index contributed by atoms with van der Waals surface area (Å²) in [6.07, 6.45) is 12.9. The molecule has 0 spiro atoms. The number of nitrogens with zero attached hydrogens (tertiary/aromatic N) is 6. The number of aryl methyl sites for hydroxylation is 1. The molecule has 1 fully saturated rings. The van der Waals surface area contributed by atoms with Gasteiger partial charge < -0.3 is 9.47 Å². The van der Waals surface area contributed by atoms with Gasteiger partial charge in [-0.2, -0.15) is 5.10 Å². The predicted molar refractivity (Wildman–Crippen MR) is 96.7 cm³/mol. The van der Waals surface area contributed by atoms with Crippen molar-refractivity contribution in [1.29, 1.82) is 0 Å². The van der Waals surface area contributed by atoms with E-state index in [9.17, 15) is 4.79 Å². The number of carbonyl (C=O) groups is 1. The minimum Gasteiger partial charge on any atom is -0.338 e. The molecule has 0 saturated carbocycles. The molecule has 4 heterocycles. The lowest BCUT2D eigenvalue weighted by atomic mass is 9.96. The molecule has 1 aliphatic rings. The van der Waals surface area contributed by atoms with Crippen molar-refractivity contribution in [2.45, 2.75) is 25.3 Å². The molecule has 1 aliphatic heterocycles. The Hall–Kier alpha value is -2.96. The highest BCUT2D eigenvalue weighted by Crippen LogP contribution is 2.27. The Morgan fingerprint density at radius 3 is 2.88 bits per heavy atom. The van der Waals surface area contributed by atoms with Gasteiger partial charge in [-0.15, -0.1) is 0 Å². The van der Waals surface area contributed by atoms with E-state index in [1.807, 2.05) is 36.5 Å². The molecular formula is C19H22N6O. The van der Waals surface area contributed by atoms with E-state index in [0.29, 0.717) is 12.1 Å². The van der Waals surface area contributed by atoms with Crippen molar-refractivity contribution in [2.24, 2.45) is 7.05 Å². The van der Waals surface area contributed by atoms with Crippen LogP contribution in [0.4, 0.5) is 0 Å². The third-order valence-electron chi connectivity index (χ3n) is 4.88. The van der Waals surface area contributed by atoms with Crippen LogP contribution in [0.1, 0.15) is 40.5 Å². The Bertz CT molecular complexity index is 884. The highest BCUT2D eigenvalue weighted by Gasteiger charge is 2.28. The Balaban J connectivity index is 1.50. The fourth-order valence-corrected chi connectivity index (χ4v) is 3.59. The Labute approximate surface area is 152 Å². The van der Waals surface area contributed by atoms with E-state index < -0.39 is 0 Å². The normalized spacial score (nSPS) is 17.4. The molecule has 0 N–H and O–H groups in total. The van der Waals surface area contributed by atoms with E-state index in [-0.39, 0.29) is 11.8 Å². The number of hydrogen-bond acceptors (Lipinski definition) is 4. The molecule has 4 rings (SSSR count). The molecule has 0 radical (unpaired) electrons. The molecule has 1 amide bonds. The lowest BCUT2D eigenvalue weighted by molar-refractivity contribution is 0.0703. The molecule has 26 heavy (non-hydrogen) atoms. The van der Waals surface area contributed by atoms with Gasteiger partial charge in [0.15, 0.2) is 0 Å². The quantitative estimate of drug-likeness (QED) is 0.722. The second-order valence-corrected chi connectivity index (χ2v) is 6.76. The zero-order chi connectivity index (χ0) is 17.9. The average molecular weight is 350 g/mol. The van der Waals surface area contributed by atoms with Crippen molar-refractivity contribution >= 4 is 5.91 Å². The molecule has 1 atom stereocenters. The summed E-state index contributed by atoms with van der Waals surface area (Å²) in [4.78, 5) is 23.3. The summed E-state index contributed by atoms with van der Waals surface area (Å²) in [7, 11) is 1.83. The Morgan fingerprint density at radius 1 is 1.27 bits per heavy atom. The van der Waals surface area contributed by atoms with Gasteiger partial charge in [0.2, 0.25) is 0 Å². The van der Waals surface area contributed by atoms with E-state index in [1.165, 1.54) is 5.56 Å². The van der Waals surface area contributed by atoms with Crippen LogP contribution in [0, 0.1) is 0 Å². The Morgan fingerprint density at radius 2 is 2.12 bits per heavy atom. The van der Waals surface area contributed by atoms with Crippen molar-refractivity contribution in [3.63, 3.8) is 0 Å². The molecule has 7 heteroatoms. The minimum absolute atomic E-state index is 0.0510. The van der Waals surface area contributed by atoms with Crippen molar-refractivity contribution in [3.05, 3.63) is 66.3 Å². The second-order valence-electron chi connectivity index (χ2n) is 6.76. The fraction of sp³-hybridized carbons (Fsp3) is 0.368. The van der Waals surface area contributed by atoms with Crippen LogP contribution < -0.4 is 0 Å². The van der Waals surface area contributed by atoms with E-state index in [0.717, 1.165) is 31.8 Å². The third kappa shape index (κ3) is 3.37. The molecule has 3 aromatic heterocycles. The number of rotatable bonds is 4. The van der Waals surface area contributed by atoms with Gasteiger partial charge in [0, 0.05) is 63.6 Å². The molecule has 0 aromatic carbocycles. The van der Waals surface area contributed by atoms with Gasteiger partial charge in [-0.3, -0.25) is 14.5 Å². The van der Waals surface area contributed by atoms with Crippen LogP contribution >= 0.6 is 0 Å². The van der Waals surface area contributed by atoms with Crippen molar-refractivity contribution in [3.8, 4) is 0 Å².